The summed E-state index contributed by atoms with van der Waals surface area (Å²) >= 11 is 2.26. The molecule has 2 fully saturated rings. The summed E-state index contributed by atoms with van der Waals surface area (Å²) in [5.74, 6) is 0.0878. The van der Waals surface area contributed by atoms with Gasteiger partial charge in [0.2, 0.25) is 5.91 Å². The second-order valence-corrected chi connectivity index (χ2v) is 6.97. The minimum Gasteiger partial charge on any atom is -0.325 e. The number of anilines is 1. The number of fused-ring (bicyclic) bond motifs is 2. The van der Waals surface area contributed by atoms with E-state index in [1.807, 2.05) is 24.3 Å². The molecule has 1 aromatic carbocycles. The summed E-state index contributed by atoms with van der Waals surface area (Å²) in [5.41, 5.74) is 0.886. The van der Waals surface area contributed by atoms with E-state index in [0.29, 0.717) is 18.6 Å². The standard InChI is InChI=1S/C15H20IN3O.ClH/c16-11-2-1-3-13(8-11)18-15(20)10-19-7-6-12-4-5-14(9-19)17-12;/h1-3,8,12,14,17H,4-7,9-10H2,(H,18,20);1H. The number of likely N-dealkylation sites (tertiary alicyclic amines) is 1. The quantitative estimate of drug-likeness (QED) is 0.737. The fourth-order valence-electron chi connectivity index (χ4n) is 3.13. The van der Waals surface area contributed by atoms with Gasteiger partial charge in [-0.05, 0) is 60.1 Å². The van der Waals surface area contributed by atoms with Crippen LogP contribution in [-0.4, -0.2) is 42.5 Å². The Morgan fingerprint density at radius 3 is 2.95 bits per heavy atom. The molecule has 2 bridgehead atoms. The zero-order valence-electron chi connectivity index (χ0n) is 11.8. The SMILES string of the molecule is Cl.O=C(CN1CCC2CCC(C1)N2)Nc1cccc(I)c1. The van der Waals surface area contributed by atoms with Crippen LogP contribution in [0.25, 0.3) is 0 Å². The largest absolute Gasteiger partial charge is 0.325 e. The zero-order valence-corrected chi connectivity index (χ0v) is 14.8. The first-order chi connectivity index (χ1) is 9.69. The summed E-state index contributed by atoms with van der Waals surface area (Å²) in [7, 11) is 0. The van der Waals surface area contributed by atoms with Crippen LogP contribution in [0.3, 0.4) is 0 Å². The van der Waals surface area contributed by atoms with Crippen LogP contribution < -0.4 is 10.6 Å². The number of hydrogen-bond donors (Lipinski definition) is 2. The predicted molar refractivity (Wildman–Crippen MR) is 96.0 cm³/mol. The van der Waals surface area contributed by atoms with Gasteiger partial charge in [0.15, 0.2) is 0 Å². The fraction of sp³-hybridized carbons (Fsp3) is 0.533. The van der Waals surface area contributed by atoms with Crippen LogP contribution >= 0.6 is 35.0 Å². The van der Waals surface area contributed by atoms with Crippen LogP contribution in [0, 0.1) is 3.57 Å². The molecule has 2 aliphatic rings. The van der Waals surface area contributed by atoms with Crippen molar-refractivity contribution < 1.29 is 4.79 Å². The van der Waals surface area contributed by atoms with Gasteiger partial charge in [0.25, 0.3) is 0 Å². The Kier molecular flexibility index (Phi) is 6.28. The highest BCUT2D eigenvalue weighted by atomic mass is 127. The molecule has 1 amide bonds. The maximum absolute atomic E-state index is 12.1. The molecule has 4 nitrogen and oxygen atoms in total. The maximum atomic E-state index is 12.1. The first kappa shape index (κ1) is 17.0. The van der Waals surface area contributed by atoms with Crippen LogP contribution in [0.4, 0.5) is 5.69 Å². The third-order valence-corrected chi connectivity index (χ3v) is 4.75. The Morgan fingerprint density at radius 1 is 1.33 bits per heavy atom. The number of carbonyl (C=O) groups excluding carboxylic acids is 1. The van der Waals surface area contributed by atoms with Crippen molar-refractivity contribution in [3.63, 3.8) is 0 Å². The molecule has 0 aliphatic carbocycles. The lowest BCUT2D eigenvalue weighted by molar-refractivity contribution is -0.117. The number of amides is 1. The molecular formula is C15H21ClIN3O. The lowest BCUT2D eigenvalue weighted by Crippen LogP contribution is -2.39. The molecule has 2 aliphatic heterocycles. The van der Waals surface area contributed by atoms with Gasteiger partial charge in [-0.15, -0.1) is 12.4 Å². The smallest absolute Gasteiger partial charge is 0.238 e. The highest BCUT2D eigenvalue weighted by Gasteiger charge is 2.29. The van der Waals surface area contributed by atoms with E-state index in [1.165, 1.54) is 12.8 Å². The number of rotatable bonds is 3. The van der Waals surface area contributed by atoms with Gasteiger partial charge in [0.1, 0.15) is 0 Å². The Bertz CT molecular complexity index is 500. The average Bonchev–Trinajstić information content (AvgIpc) is 2.73. The van der Waals surface area contributed by atoms with Crippen LogP contribution in [0.2, 0.25) is 0 Å². The Morgan fingerprint density at radius 2 is 2.14 bits per heavy atom. The van der Waals surface area contributed by atoms with Crippen molar-refractivity contribution in [3.8, 4) is 0 Å². The number of carbonyl (C=O) groups is 1. The van der Waals surface area contributed by atoms with Gasteiger partial charge in [-0.3, -0.25) is 9.69 Å². The molecule has 0 spiro atoms. The highest BCUT2D eigenvalue weighted by molar-refractivity contribution is 14.1. The third kappa shape index (κ3) is 4.81. The van der Waals surface area contributed by atoms with Crippen molar-refractivity contribution in [1.29, 1.82) is 0 Å². The summed E-state index contributed by atoms with van der Waals surface area (Å²) in [5, 5.41) is 6.63. The van der Waals surface area contributed by atoms with Crippen molar-refractivity contribution >= 4 is 46.6 Å². The van der Waals surface area contributed by atoms with Crippen LogP contribution in [0.15, 0.2) is 24.3 Å². The van der Waals surface area contributed by atoms with E-state index in [0.717, 1.165) is 28.8 Å². The predicted octanol–water partition coefficient (Wildman–Crippen LogP) is 2.48. The molecule has 116 valence electrons. The van der Waals surface area contributed by atoms with Gasteiger partial charge >= 0.3 is 0 Å². The summed E-state index contributed by atoms with van der Waals surface area (Å²) in [6.45, 7) is 2.51. The minimum absolute atomic E-state index is 0. The maximum Gasteiger partial charge on any atom is 0.238 e. The molecule has 21 heavy (non-hydrogen) atoms. The van der Waals surface area contributed by atoms with Crippen molar-refractivity contribution in [1.82, 2.24) is 10.2 Å². The highest BCUT2D eigenvalue weighted by Crippen LogP contribution is 2.20. The Labute approximate surface area is 145 Å². The number of nitrogens with one attached hydrogen (secondary N) is 2. The molecule has 0 saturated carbocycles. The Balaban J connectivity index is 0.00000161. The zero-order chi connectivity index (χ0) is 13.9. The third-order valence-electron chi connectivity index (χ3n) is 4.08. The number of hydrogen-bond acceptors (Lipinski definition) is 3. The Hall–Kier alpha value is -0.370. The summed E-state index contributed by atoms with van der Waals surface area (Å²) in [4.78, 5) is 14.4. The van der Waals surface area contributed by atoms with E-state index in [4.69, 9.17) is 0 Å². The molecule has 2 heterocycles. The molecule has 2 N–H and O–H groups in total. The second-order valence-electron chi connectivity index (χ2n) is 5.72. The minimum atomic E-state index is 0. The monoisotopic (exact) mass is 421 g/mol. The van der Waals surface area contributed by atoms with Gasteiger partial charge in [-0.2, -0.15) is 0 Å². The summed E-state index contributed by atoms with van der Waals surface area (Å²) in [6.07, 6.45) is 3.71. The van der Waals surface area contributed by atoms with Gasteiger partial charge in [-0.25, -0.2) is 0 Å². The van der Waals surface area contributed by atoms with E-state index in [2.05, 4.69) is 38.1 Å². The van der Waals surface area contributed by atoms with Gasteiger partial charge < -0.3 is 10.6 Å². The van der Waals surface area contributed by atoms with Gasteiger partial charge in [0.05, 0.1) is 6.54 Å². The first-order valence-electron chi connectivity index (χ1n) is 7.23. The molecule has 1 aromatic rings. The van der Waals surface area contributed by atoms with Crippen molar-refractivity contribution in [3.05, 3.63) is 27.8 Å². The van der Waals surface area contributed by atoms with Gasteiger partial charge in [-0.1, -0.05) is 6.07 Å². The molecule has 6 heteroatoms. The second kappa shape index (κ2) is 7.76. The van der Waals surface area contributed by atoms with Crippen LogP contribution in [-0.2, 0) is 4.79 Å². The topological polar surface area (TPSA) is 44.4 Å². The number of benzene rings is 1. The van der Waals surface area contributed by atoms with E-state index < -0.39 is 0 Å². The molecular weight excluding hydrogens is 401 g/mol. The first-order valence-corrected chi connectivity index (χ1v) is 8.31. The lowest BCUT2D eigenvalue weighted by atomic mass is 10.1. The average molecular weight is 422 g/mol. The summed E-state index contributed by atoms with van der Waals surface area (Å²) in [6, 6.07) is 9.16. The molecule has 2 unspecified atom stereocenters. The van der Waals surface area contributed by atoms with E-state index >= 15 is 0 Å². The molecule has 2 atom stereocenters. The van der Waals surface area contributed by atoms with Crippen LogP contribution in [0.5, 0.6) is 0 Å². The van der Waals surface area contributed by atoms with Crippen molar-refractivity contribution in [2.45, 2.75) is 31.3 Å². The van der Waals surface area contributed by atoms with E-state index in [-0.39, 0.29) is 18.3 Å². The van der Waals surface area contributed by atoms with Crippen molar-refractivity contribution in [2.75, 3.05) is 25.0 Å². The van der Waals surface area contributed by atoms with E-state index in [9.17, 15) is 4.79 Å². The fourth-order valence-corrected chi connectivity index (χ4v) is 3.67. The van der Waals surface area contributed by atoms with Gasteiger partial charge in [0, 0.05) is 34.4 Å². The molecule has 0 radical (unpaired) electrons. The molecule has 2 saturated heterocycles. The number of nitrogens with zero attached hydrogens (tertiary/aromatic N) is 1. The lowest BCUT2D eigenvalue weighted by Gasteiger charge is -2.23. The molecule has 3 rings (SSSR count). The molecule has 0 aromatic heterocycles. The summed E-state index contributed by atoms with van der Waals surface area (Å²) < 4.78 is 1.14. The number of halogens is 2. The van der Waals surface area contributed by atoms with Crippen molar-refractivity contribution in [2.24, 2.45) is 0 Å². The van der Waals surface area contributed by atoms with Crippen LogP contribution in [0.1, 0.15) is 19.3 Å². The van der Waals surface area contributed by atoms with E-state index in [1.54, 1.807) is 0 Å². The normalized spacial score (nSPS) is 25.0.